The molecule has 0 saturated carbocycles. The summed E-state index contributed by atoms with van der Waals surface area (Å²) in [5, 5.41) is 4.85. The van der Waals surface area contributed by atoms with Crippen LogP contribution in [0, 0.1) is 0 Å². The molecule has 2 fully saturated rings. The highest BCUT2D eigenvalue weighted by Crippen LogP contribution is 2.26. The number of imide groups is 1. The maximum absolute atomic E-state index is 12.4. The molecule has 2 N–H and O–H groups in total. The lowest BCUT2D eigenvalue weighted by Crippen LogP contribution is -2.46. The maximum Gasteiger partial charge on any atom is 0.317 e. The predicted molar refractivity (Wildman–Crippen MR) is 119 cm³/mol. The van der Waals surface area contributed by atoms with E-state index in [4.69, 9.17) is 4.74 Å². The van der Waals surface area contributed by atoms with E-state index in [0.717, 1.165) is 41.5 Å². The normalized spacial score (nSPS) is 18.2. The zero-order valence-corrected chi connectivity index (χ0v) is 17.7. The first-order valence-electron chi connectivity index (χ1n) is 10.1. The lowest BCUT2D eigenvalue weighted by molar-refractivity contribution is -0.115. The van der Waals surface area contributed by atoms with Gasteiger partial charge in [0.05, 0.1) is 4.91 Å². The molecule has 0 unspecified atom stereocenters. The summed E-state index contributed by atoms with van der Waals surface area (Å²) in [5.74, 6) is 0.378. The standard InChI is InChI=1S/C23H23N3O4S/c27-21-20(31-23(29)25-21)14-16-6-8-18(9-7-16)30-19-10-12-26(13-11-19)22(28)24-15-17-4-2-1-3-5-17/h1-9,14,19H,10-13,15H2,(H,24,28)(H,25,27,29). The fourth-order valence-electron chi connectivity index (χ4n) is 3.47. The molecule has 2 aromatic rings. The van der Waals surface area contributed by atoms with E-state index in [1.54, 1.807) is 6.08 Å². The Bertz CT molecular complexity index is 984. The number of piperidine rings is 1. The topological polar surface area (TPSA) is 87.7 Å². The fourth-order valence-corrected chi connectivity index (χ4v) is 4.15. The van der Waals surface area contributed by atoms with Gasteiger partial charge < -0.3 is 15.0 Å². The highest BCUT2D eigenvalue weighted by molar-refractivity contribution is 8.18. The highest BCUT2D eigenvalue weighted by Gasteiger charge is 2.25. The van der Waals surface area contributed by atoms with Crippen molar-refractivity contribution in [3.8, 4) is 5.75 Å². The summed E-state index contributed by atoms with van der Waals surface area (Å²) >= 11 is 0.899. The van der Waals surface area contributed by atoms with Crippen LogP contribution in [-0.4, -0.2) is 41.3 Å². The first-order valence-corrected chi connectivity index (χ1v) is 11.0. The first-order chi connectivity index (χ1) is 15.1. The Balaban J connectivity index is 1.23. The molecule has 0 atom stereocenters. The van der Waals surface area contributed by atoms with Gasteiger partial charge in [0.15, 0.2) is 0 Å². The number of hydrogen-bond acceptors (Lipinski definition) is 5. The molecule has 0 aliphatic carbocycles. The van der Waals surface area contributed by atoms with Crippen molar-refractivity contribution in [3.05, 3.63) is 70.6 Å². The van der Waals surface area contributed by atoms with Crippen molar-refractivity contribution in [2.24, 2.45) is 0 Å². The minimum Gasteiger partial charge on any atom is -0.490 e. The largest absolute Gasteiger partial charge is 0.490 e. The number of likely N-dealkylation sites (tertiary alicyclic amines) is 1. The van der Waals surface area contributed by atoms with Crippen molar-refractivity contribution in [1.82, 2.24) is 15.5 Å². The van der Waals surface area contributed by atoms with Crippen molar-refractivity contribution in [2.45, 2.75) is 25.5 Å². The molecule has 8 heteroatoms. The van der Waals surface area contributed by atoms with Gasteiger partial charge in [0, 0.05) is 32.5 Å². The van der Waals surface area contributed by atoms with Gasteiger partial charge in [-0.25, -0.2) is 4.79 Å². The number of nitrogens with zero attached hydrogens (tertiary/aromatic N) is 1. The van der Waals surface area contributed by atoms with Gasteiger partial charge in [-0.1, -0.05) is 42.5 Å². The monoisotopic (exact) mass is 437 g/mol. The quantitative estimate of drug-likeness (QED) is 0.696. The second-order valence-corrected chi connectivity index (χ2v) is 8.38. The number of urea groups is 1. The number of amides is 4. The second kappa shape index (κ2) is 9.70. The number of thioether (sulfide) groups is 1. The molecular formula is C23H23N3O4S. The summed E-state index contributed by atoms with van der Waals surface area (Å²) < 4.78 is 6.06. The number of ether oxygens (including phenoxy) is 1. The average Bonchev–Trinajstić information content (AvgIpc) is 3.11. The van der Waals surface area contributed by atoms with E-state index in [1.807, 2.05) is 59.5 Å². The lowest BCUT2D eigenvalue weighted by atomic mass is 10.1. The molecule has 0 spiro atoms. The van der Waals surface area contributed by atoms with E-state index < -0.39 is 0 Å². The van der Waals surface area contributed by atoms with Crippen LogP contribution in [-0.2, 0) is 11.3 Å². The van der Waals surface area contributed by atoms with Gasteiger partial charge in [0.1, 0.15) is 11.9 Å². The number of nitrogens with one attached hydrogen (secondary N) is 2. The molecular weight excluding hydrogens is 414 g/mol. The Morgan fingerprint density at radius 3 is 2.45 bits per heavy atom. The Kier molecular flexibility index (Phi) is 6.57. The molecule has 0 radical (unpaired) electrons. The van der Waals surface area contributed by atoms with E-state index in [9.17, 15) is 14.4 Å². The summed E-state index contributed by atoms with van der Waals surface area (Å²) in [6, 6.07) is 17.2. The molecule has 0 bridgehead atoms. The van der Waals surface area contributed by atoms with Crippen molar-refractivity contribution >= 4 is 35.0 Å². The van der Waals surface area contributed by atoms with Crippen molar-refractivity contribution in [3.63, 3.8) is 0 Å². The smallest absolute Gasteiger partial charge is 0.317 e. The Morgan fingerprint density at radius 1 is 1.10 bits per heavy atom. The molecule has 2 heterocycles. The number of carbonyl (C=O) groups is 3. The van der Waals surface area contributed by atoms with Gasteiger partial charge in [-0.05, 0) is 41.1 Å². The first kappa shape index (κ1) is 21.0. The van der Waals surface area contributed by atoms with Gasteiger partial charge >= 0.3 is 6.03 Å². The van der Waals surface area contributed by atoms with Crippen LogP contribution < -0.4 is 15.4 Å². The van der Waals surface area contributed by atoms with Crippen LogP contribution in [0.15, 0.2) is 59.5 Å². The van der Waals surface area contributed by atoms with Gasteiger partial charge in [0.25, 0.3) is 11.1 Å². The summed E-state index contributed by atoms with van der Waals surface area (Å²) in [4.78, 5) is 37.5. The summed E-state index contributed by atoms with van der Waals surface area (Å²) in [6.45, 7) is 1.82. The second-order valence-electron chi connectivity index (χ2n) is 7.37. The summed E-state index contributed by atoms with van der Waals surface area (Å²) in [5.41, 5.74) is 1.90. The highest BCUT2D eigenvalue weighted by atomic mass is 32.2. The Hall–Kier alpha value is -3.26. The van der Waals surface area contributed by atoms with E-state index in [2.05, 4.69) is 10.6 Å². The van der Waals surface area contributed by atoms with E-state index in [-0.39, 0.29) is 23.3 Å². The molecule has 2 aromatic carbocycles. The predicted octanol–water partition coefficient (Wildman–Crippen LogP) is 3.76. The fraction of sp³-hybridized carbons (Fsp3) is 0.261. The van der Waals surface area contributed by atoms with Gasteiger partial charge in [0.2, 0.25) is 0 Å². The summed E-state index contributed by atoms with van der Waals surface area (Å²) in [6.07, 6.45) is 3.27. The Morgan fingerprint density at radius 2 is 1.81 bits per heavy atom. The van der Waals surface area contributed by atoms with Crippen LogP contribution >= 0.6 is 11.8 Å². The lowest BCUT2D eigenvalue weighted by Gasteiger charge is -2.32. The molecule has 160 valence electrons. The molecule has 2 saturated heterocycles. The molecule has 31 heavy (non-hydrogen) atoms. The molecule has 4 rings (SSSR count). The number of carbonyl (C=O) groups excluding carboxylic acids is 3. The minimum atomic E-state index is -0.366. The third-order valence-electron chi connectivity index (χ3n) is 5.14. The van der Waals surface area contributed by atoms with Crippen molar-refractivity contribution < 1.29 is 19.1 Å². The zero-order chi connectivity index (χ0) is 21.6. The molecule has 2 aliphatic rings. The maximum atomic E-state index is 12.4. The van der Waals surface area contributed by atoms with Crippen molar-refractivity contribution in [1.29, 1.82) is 0 Å². The van der Waals surface area contributed by atoms with E-state index >= 15 is 0 Å². The van der Waals surface area contributed by atoms with Crippen molar-refractivity contribution in [2.75, 3.05) is 13.1 Å². The SMILES string of the molecule is O=C1NC(=O)C(=Cc2ccc(OC3CCN(C(=O)NCc4ccccc4)CC3)cc2)S1. The van der Waals surface area contributed by atoms with Gasteiger partial charge in [-0.15, -0.1) is 0 Å². The summed E-state index contributed by atoms with van der Waals surface area (Å²) in [7, 11) is 0. The van der Waals surface area contributed by atoms with E-state index in [0.29, 0.717) is 24.5 Å². The molecule has 4 amide bonds. The van der Waals surface area contributed by atoms with Crippen LogP contribution in [0.25, 0.3) is 6.08 Å². The average molecular weight is 438 g/mol. The number of hydrogen-bond donors (Lipinski definition) is 2. The van der Waals surface area contributed by atoms with Crippen LogP contribution in [0.5, 0.6) is 5.75 Å². The van der Waals surface area contributed by atoms with Crippen LogP contribution in [0.2, 0.25) is 0 Å². The van der Waals surface area contributed by atoms with Crippen LogP contribution in [0.1, 0.15) is 24.0 Å². The third kappa shape index (κ3) is 5.67. The minimum absolute atomic E-state index is 0.0491. The zero-order valence-electron chi connectivity index (χ0n) is 16.9. The number of benzene rings is 2. The molecule has 2 aliphatic heterocycles. The van der Waals surface area contributed by atoms with Gasteiger partial charge in [-0.2, -0.15) is 0 Å². The van der Waals surface area contributed by atoms with Crippen LogP contribution in [0.3, 0.4) is 0 Å². The van der Waals surface area contributed by atoms with Crippen LogP contribution in [0.4, 0.5) is 9.59 Å². The molecule has 7 nitrogen and oxygen atoms in total. The van der Waals surface area contributed by atoms with E-state index in [1.165, 1.54) is 0 Å². The molecule has 0 aromatic heterocycles. The Labute approximate surface area is 184 Å². The third-order valence-corrected chi connectivity index (χ3v) is 5.95. The van der Waals surface area contributed by atoms with Gasteiger partial charge in [-0.3, -0.25) is 14.9 Å². The number of rotatable bonds is 5.